The van der Waals surface area contributed by atoms with Crippen molar-refractivity contribution in [3.63, 3.8) is 0 Å². The van der Waals surface area contributed by atoms with Crippen LogP contribution in [0.15, 0.2) is 58.2 Å². The van der Waals surface area contributed by atoms with Crippen LogP contribution >= 0.6 is 0 Å². The fraction of sp³-hybridized carbons (Fsp3) is 0.467. The second-order valence-electron chi connectivity index (χ2n) is 10.7. The summed E-state index contributed by atoms with van der Waals surface area (Å²) in [5.74, 6) is -0.333. The van der Waals surface area contributed by atoms with E-state index in [0.29, 0.717) is 56.2 Å². The Bertz CT molecular complexity index is 1570. The molecule has 8 nitrogen and oxygen atoms in total. The van der Waals surface area contributed by atoms with Gasteiger partial charge in [-0.1, -0.05) is 13.8 Å². The first-order valence-electron chi connectivity index (χ1n) is 14.3. The minimum Gasteiger partial charge on any atom is -0.366 e. The Labute approximate surface area is 244 Å². The van der Waals surface area contributed by atoms with Crippen LogP contribution in [0.3, 0.4) is 0 Å². The van der Waals surface area contributed by atoms with E-state index in [0.717, 1.165) is 12.8 Å². The molecule has 1 saturated heterocycles. The Morgan fingerprint density at radius 2 is 1.71 bits per heavy atom. The lowest BCUT2D eigenvalue weighted by Crippen LogP contribution is -2.37. The maximum atomic E-state index is 13.7. The van der Waals surface area contributed by atoms with Crippen LogP contribution in [-0.2, 0) is 16.2 Å². The topological polar surface area (TPSA) is 103 Å². The summed E-state index contributed by atoms with van der Waals surface area (Å²) in [4.78, 5) is 29.3. The number of aromatic nitrogens is 1. The van der Waals surface area contributed by atoms with E-state index in [2.05, 4.69) is 15.2 Å². The largest absolute Gasteiger partial charge is 0.417 e. The summed E-state index contributed by atoms with van der Waals surface area (Å²) in [6.07, 6.45) is -1.04. The van der Waals surface area contributed by atoms with Crippen molar-refractivity contribution >= 4 is 32.5 Å². The van der Waals surface area contributed by atoms with E-state index in [1.807, 2.05) is 20.8 Å². The van der Waals surface area contributed by atoms with Crippen LogP contribution in [0.4, 0.5) is 18.9 Å². The smallest absolute Gasteiger partial charge is 0.366 e. The number of carbonyl (C=O) groups excluding carboxylic acids is 1. The zero-order chi connectivity index (χ0) is 30.7. The molecule has 2 aromatic carbocycles. The number of benzene rings is 2. The molecule has 1 fully saturated rings. The molecule has 0 spiro atoms. The third kappa shape index (κ3) is 6.81. The summed E-state index contributed by atoms with van der Waals surface area (Å²) in [7, 11) is -3.64. The van der Waals surface area contributed by atoms with Gasteiger partial charge in [0.15, 0.2) is 0 Å². The van der Waals surface area contributed by atoms with Gasteiger partial charge in [-0.2, -0.15) is 17.5 Å². The number of sulfonamides is 1. The zero-order valence-electron chi connectivity index (χ0n) is 24.0. The standard InChI is InChI=1S/C30H37F3N4O4S/c1-4-16-36(17-5-2)42(40,41)24-11-7-21(8-12-24)29(39)34-15-14-22-9-6-20(3)37(22)23-10-13-27-25(18-23)26(30(31,32)33)19-28(38)35-27/h7-8,10-13,18-20,22H,4-6,9,14-17H2,1-3H3,(H,34,39)(H,35,38)/t20-,22-/m1/s1. The van der Waals surface area contributed by atoms with E-state index in [-0.39, 0.29) is 33.8 Å². The molecular weight excluding hydrogens is 569 g/mol. The normalized spacial score (nSPS) is 17.7. The van der Waals surface area contributed by atoms with Crippen LogP contribution in [0.1, 0.15) is 68.8 Å². The number of amides is 1. The van der Waals surface area contributed by atoms with E-state index in [1.165, 1.54) is 40.7 Å². The Morgan fingerprint density at radius 3 is 2.33 bits per heavy atom. The second kappa shape index (κ2) is 12.9. The van der Waals surface area contributed by atoms with Gasteiger partial charge in [-0.15, -0.1) is 0 Å². The number of rotatable bonds is 11. The highest BCUT2D eigenvalue weighted by Gasteiger charge is 2.35. The van der Waals surface area contributed by atoms with Crippen molar-refractivity contribution < 1.29 is 26.4 Å². The quantitative estimate of drug-likeness (QED) is 0.299. The molecule has 0 radical (unpaired) electrons. The van der Waals surface area contributed by atoms with Gasteiger partial charge < -0.3 is 15.2 Å². The minimum atomic E-state index is -4.67. The number of pyridine rings is 1. The van der Waals surface area contributed by atoms with Crippen molar-refractivity contribution in [2.75, 3.05) is 24.5 Å². The first kappa shape index (κ1) is 31.6. The molecule has 42 heavy (non-hydrogen) atoms. The van der Waals surface area contributed by atoms with Crippen LogP contribution in [0.5, 0.6) is 0 Å². The SMILES string of the molecule is CCCN(CCC)S(=O)(=O)c1ccc(C(=O)NCC[C@H]2CC[C@@H](C)N2c2ccc3[nH]c(=O)cc(C(F)(F)F)c3c2)cc1. The van der Waals surface area contributed by atoms with E-state index < -0.39 is 27.3 Å². The Balaban J connectivity index is 1.44. The molecule has 0 saturated carbocycles. The van der Waals surface area contributed by atoms with Crippen molar-refractivity contribution in [3.8, 4) is 0 Å². The highest BCUT2D eigenvalue weighted by atomic mass is 32.2. The molecule has 2 heterocycles. The highest BCUT2D eigenvalue weighted by Crippen LogP contribution is 2.37. The first-order valence-corrected chi connectivity index (χ1v) is 15.7. The molecule has 0 bridgehead atoms. The van der Waals surface area contributed by atoms with Crippen LogP contribution < -0.4 is 15.8 Å². The number of nitrogens with one attached hydrogen (secondary N) is 2. The third-order valence-electron chi connectivity index (χ3n) is 7.68. The third-order valence-corrected chi connectivity index (χ3v) is 9.59. The Morgan fingerprint density at radius 1 is 1.05 bits per heavy atom. The van der Waals surface area contributed by atoms with Gasteiger partial charge in [0.25, 0.3) is 5.91 Å². The van der Waals surface area contributed by atoms with Crippen molar-refractivity contribution in [2.45, 2.75) is 76.0 Å². The molecule has 0 aliphatic carbocycles. The number of halogens is 3. The van der Waals surface area contributed by atoms with Crippen molar-refractivity contribution in [1.29, 1.82) is 0 Å². The molecule has 12 heteroatoms. The molecule has 228 valence electrons. The number of nitrogens with zero attached hydrogens (tertiary/aromatic N) is 2. The molecule has 1 aliphatic heterocycles. The number of hydrogen-bond acceptors (Lipinski definition) is 5. The molecule has 1 aliphatic rings. The Hall–Kier alpha value is -3.38. The number of anilines is 1. The summed E-state index contributed by atoms with van der Waals surface area (Å²) in [6.45, 7) is 7.05. The lowest BCUT2D eigenvalue weighted by Gasteiger charge is -2.31. The summed E-state index contributed by atoms with van der Waals surface area (Å²) < 4.78 is 68.5. The van der Waals surface area contributed by atoms with Gasteiger partial charge in [0.05, 0.1) is 10.5 Å². The molecule has 3 aromatic rings. The number of fused-ring (bicyclic) bond motifs is 1. The summed E-state index contributed by atoms with van der Waals surface area (Å²) in [5, 5.41) is 2.82. The van der Waals surface area contributed by atoms with Crippen molar-refractivity contribution in [2.24, 2.45) is 0 Å². The fourth-order valence-corrected chi connectivity index (χ4v) is 7.31. The average molecular weight is 607 g/mol. The van der Waals surface area contributed by atoms with Crippen LogP contribution in [-0.4, -0.2) is 55.3 Å². The lowest BCUT2D eigenvalue weighted by molar-refractivity contribution is -0.136. The minimum absolute atomic E-state index is 0.00881. The van der Waals surface area contributed by atoms with Crippen LogP contribution in [0.25, 0.3) is 10.9 Å². The van der Waals surface area contributed by atoms with Crippen molar-refractivity contribution in [3.05, 3.63) is 70.0 Å². The molecule has 2 N–H and O–H groups in total. The van der Waals surface area contributed by atoms with Crippen LogP contribution in [0, 0.1) is 0 Å². The predicted molar refractivity (Wildman–Crippen MR) is 157 cm³/mol. The first-order chi connectivity index (χ1) is 19.9. The molecule has 4 rings (SSSR count). The molecule has 1 aromatic heterocycles. The molecular formula is C30H37F3N4O4S. The molecule has 0 unspecified atom stereocenters. The maximum Gasteiger partial charge on any atom is 0.417 e. The van der Waals surface area contributed by atoms with Gasteiger partial charge in [-0.05, 0) is 81.5 Å². The summed E-state index contributed by atoms with van der Waals surface area (Å²) in [5.41, 5.74) is -0.695. The monoisotopic (exact) mass is 606 g/mol. The number of H-pyrrole nitrogens is 1. The van der Waals surface area contributed by atoms with E-state index in [1.54, 1.807) is 6.07 Å². The van der Waals surface area contributed by atoms with E-state index >= 15 is 0 Å². The molecule has 2 atom stereocenters. The Kier molecular flexibility index (Phi) is 9.67. The summed E-state index contributed by atoms with van der Waals surface area (Å²) >= 11 is 0. The van der Waals surface area contributed by atoms with Gasteiger partial charge >= 0.3 is 6.18 Å². The highest BCUT2D eigenvalue weighted by molar-refractivity contribution is 7.89. The summed E-state index contributed by atoms with van der Waals surface area (Å²) in [6, 6.07) is 11.2. The van der Waals surface area contributed by atoms with E-state index in [4.69, 9.17) is 0 Å². The lowest BCUT2D eigenvalue weighted by atomic mass is 10.1. The average Bonchev–Trinajstić information content (AvgIpc) is 3.31. The number of hydrogen-bond donors (Lipinski definition) is 2. The molecule has 1 amide bonds. The van der Waals surface area contributed by atoms with Gasteiger partial charge in [-0.25, -0.2) is 8.42 Å². The number of alkyl halides is 3. The zero-order valence-corrected chi connectivity index (χ0v) is 24.8. The predicted octanol–water partition coefficient (Wildman–Crippen LogP) is 5.54. The van der Waals surface area contributed by atoms with Gasteiger partial charge in [-0.3, -0.25) is 9.59 Å². The number of aromatic amines is 1. The number of carbonyl (C=O) groups is 1. The van der Waals surface area contributed by atoms with Gasteiger partial charge in [0.1, 0.15) is 0 Å². The van der Waals surface area contributed by atoms with Crippen LogP contribution in [0.2, 0.25) is 0 Å². The fourth-order valence-electron chi connectivity index (χ4n) is 5.69. The second-order valence-corrected chi connectivity index (χ2v) is 12.7. The van der Waals surface area contributed by atoms with Crippen molar-refractivity contribution in [1.82, 2.24) is 14.6 Å². The van der Waals surface area contributed by atoms with Gasteiger partial charge in [0.2, 0.25) is 15.6 Å². The maximum absolute atomic E-state index is 13.7. The van der Waals surface area contributed by atoms with E-state index in [9.17, 15) is 31.2 Å². The van der Waals surface area contributed by atoms with Gasteiger partial charge in [0, 0.05) is 59.9 Å².